The lowest BCUT2D eigenvalue weighted by Gasteiger charge is -2.26. The van der Waals surface area contributed by atoms with E-state index in [1.54, 1.807) is 25.1 Å². The zero-order valence-corrected chi connectivity index (χ0v) is 17.9. The van der Waals surface area contributed by atoms with E-state index in [0.29, 0.717) is 42.9 Å². The number of fused-ring (bicyclic) bond motifs is 1. The fourth-order valence-corrected chi connectivity index (χ4v) is 4.14. The molecular weight excluding hydrogens is 380 g/mol. The average molecular weight is 413 g/mol. The van der Waals surface area contributed by atoms with Gasteiger partial charge in [-0.05, 0) is 31.4 Å². The van der Waals surface area contributed by atoms with Crippen LogP contribution in [0.4, 0.5) is 5.69 Å². The smallest absolute Gasteiger partial charge is 0.240 e. The van der Waals surface area contributed by atoms with Gasteiger partial charge in [0.05, 0.1) is 11.4 Å². The predicted octanol–water partition coefficient (Wildman–Crippen LogP) is 2.95. The third-order valence-electron chi connectivity index (χ3n) is 4.93. The number of carbonyl (C=O) groups is 1. The fourth-order valence-electron chi connectivity index (χ4n) is 3.08. The summed E-state index contributed by atoms with van der Waals surface area (Å²) in [6, 6.07) is 4.94. The minimum absolute atomic E-state index is 0.0944. The molecule has 0 fully saturated rings. The summed E-state index contributed by atoms with van der Waals surface area (Å²) < 4.78 is 37.4. The van der Waals surface area contributed by atoms with Gasteiger partial charge < -0.3 is 14.8 Å². The molecule has 0 bridgehead atoms. The molecule has 1 amide bonds. The number of sulfonamides is 1. The van der Waals surface area contributed by atoms with Crippen molar-refractivity contribution >= 4 is 21.6 Å². The molecule has 1 aromatic carbocycles. The van der Waals surface area contributed by atoms with Crippen molar-refractivity contribution in [2.75, 3.05) is 36.4 Å². The maximum Gasteiger partial charge on any atom is 0.240 e. The van der Waals surface area contributed by atoms with Gasteiger partial charge in [0.15, 0.2) is 11.5 Å². The quantitative estimate of drug-likeness (QED) is 0.604. The predicted molar refractivity (Wildman–Crippen MR) is 111 cm³/mol. The van der Waals surface area contributed by atoms with E-state index in [0.717, 1.165) is 30.0 Å². The van der Waals surface area contributed by atoms with Crippen LogP contribution in [0.3, 0.4) is 0 Å². The first-order chi connectivity index (χ1) is 13.4. The van der Waals surface area contributed by atoms with Gasteiger partial charge in [-0.2, -0.15) is 0 Å². The molecule has 1 aliphatic heterocycles. The summed E-state index contributed by atoms with van der Waals surface area (Å²) in [5, 5.41) is 2.90. The van der Waals surface area contributed by atoms with Gasteiger partial charge in [-0.15, -0.1) is 0 Å². The van der Waals surface area contributed by atoms with E-state index in [1.807, 2.05) is 0 Å². The summed E-state index contributed by atoms with van der Waals surface area (Å²) in [6.45, 7) is 7.00. The van der Waals surface area contributed by atoms with E-state index < -0.39 is 10.0 Å². The molecule has 0 aliphatic carbocycles. The number of anilines is 1. The topological polar surface area (TPSA) is 84.9 Å². The molecule has 1 heterocycles. The monoisotopic (exact) mass is 412 g/mol. The molecule has 7 nitrogen and oxygen atoms in total. The Hall–Kier alpha value is -1.96. The lowest BCUT2D eigenvalue weighted by atomic mass is 9.99. The van der Waals surface area contributed by atoms with Gasteiger partial charge in [-0.25, -0.2) is 8.42 Å². The molecule has 1 unspecified atom stereocenters. The van der Waals surface area contributed by atoms with Crippen LogP contribution in [0.5, 0.6) is 11.5 Å². The molecule has 1 aliphatic rings. The highest BCUT2D eigenvalue weighted by Gasteiger charge is 2.25. The highest BCUT2D eigenvalue weighted by molar-refractivity contribution is 7.92. The van der Waals surface area contributed by atoms with Crippen LogP contribution in [0.1, 0.15) is 46.5 Å². The Kier molecular flexibility index (Phi) is 8.41. The first-order valence-corrected chi connectivity index (χ1v) is 11.7. The van der Waals surface area contributed by atoms with Gasteiger partial charge in [-0.3, -0.25) is 9.10 Å². The largest absolute Gasteiger partial charge is 0.486 e. The van der Waals surface area contributed by atoms with Gasteiger partial charge in [-0.1, -0.05) is 33.1 Å². The first-order valence-electron chi connectivity index (χ1n) is 10.1. The van der Waals surface area contributed by atoms with Crippen LogP contribution in [-0.2, 0) is 14.8 Å². The number of carbonyl (C=O) groups excluding carboxylic acids is 1. The summed E-state index contributed by atoms with van der Waals surface area (Å²) in [5.74, 6) is 1.08. The van der Waals surface area contributed by atoms with Gasteiger partial charge in [0.1, 0.15) is 19.8 Å². The number of nitrogens with zero attached hydrogens (tertiary/aromatic N) is 1. The van der Waals surface area contributed by atoms with Gasteiger partial charge in [0.25, 0.3) is 0 Å². The SMILES string of the molecule is CCCCC(CC)CNC(=O)CN(c1ccc2c(c1)OCCO2)S(=O)(=O)CC. The average Bonchev–Trinajstić information content (AvgIpc) is 2.71. The highest BCUT2D eigenvalue weighted by atomic mass is 32.2. The van der Waals surface area contributed by atoms with Crippen molar-refractivity contribution in [1.82, 2.24) is 5.32 Å². The molecule has 0 saturated heterocycles. The van der Waals surface area contributed by atoms with Crippen LogP contribution in [0.15, 0.2) is 18.2 Å². The van der Waals surface area contributed by atoms with Gasteiger partial charge in [0, 0.05) is 12.6 Å². The van der Waals surface area contributed by atoms with Crippen molar-refractivity contribution in [3.8, 4) is 11.5 Å². The zero-order valence-electron chi connectivity index (χ0n) is 17.1. The Balaban J connectivity index is 2.11. The number of unbranched alkanes of at least 4 members (excludes halogenated alkanes) is 1. The lowest BCUT2D eigenvalue weighted by Crippen LogP contribution is -2.42. The van der Waals surface area contributed by atoms with Crippen LogP contribution in [-0.4, -0.2) is 46.4 Å². The molecule has 1 atom stereocenters. The molecule has 8 heteroatoms. The highest BCUT2D eigenvalue weighted by Crippen LogP contribution is 2.34. The maximum absolute atomic E-state index is 12.6. The Morgan fingerprint density at radius 1 is 1.18 bits per heavy atom. The number of benzene rings is 1. The van der Waals surface area contributed by atoms with Crippen molar-refractivity contribution in [3.05, 3.63) is 18.2 Å². The van der Waals surface area contributed by atoms with Crippen molar-refractivity contribution in [1.29, 1.82) is 0 Å². The van der Waals surface area contributed by atoms with Gasteiger partial charge in [0.2, 0.25) is 15.9 Å². The Morgan fingerprint density at radius 3 is 2.54 bits per heavy atom. The summed E-state index contributed by atoms with van der Waals surface area (Å²) in [5.41, 5.74) is 0.402. The minimum atomic E-state index is -3.62. The van der Waals surface area contributed by atoms with E-state index in [-0.39, 0.29) is 18.2 Å². The Labute approximate surface area is 168 Å². The molecule has 0 spiro atoms. The lowest BCUT2D eigenvalue weighted by molar-refractivity contribution is -0.119. The fraction of sp³-hybridized carbons (Fsp3) is 0.650. The molecule has 0 radical (unpaired) electrons. The second-order valence-electron chi connectivity index (χ2n) is 6.96. The molecule has 1 N–H and O–H groups in total. The van der Waals surface area contributed by atoms with Crippen LogP contribution in [0.25, 0.3) is 0 Å². The molecule has 158 valence electrons. The standard InChI is InChI=1S/C20H32N2O5S/c1-4-7-8-16(5-2)14-21-20(23)15-22(28(24,25)6-3)17-9-10-18-19(13-17)27-12-11-26-18/h9-10,13,16H,4-8,11-12,14-15H2,1-3H3,(H,21,23). The van der Waals surface area contributed by atoms with E-state index in [1.165, 1.54) is 0 Å². The van der Waals surface area contributed by atoms with Gasteiger partial charge >= 0.3 is 0 Å². The molecule has 0 aromatic heterocycles. The summed E-state index contributed by atoms with van der Waals surface area (Å²) >= 11 is 0. The Bertz CT molecular complexity index is 751. The van der Waals surface area contributed by atoms with E-state index in [4.69, 9.17) is 9.47 Å². The van der Waals surface area contributed by atoms with E-state index >= 15 is 0 Å². The molecular formula is C20H32N2O5S. The molecule has 28 heavy (non-hydrogen) atoms. The number of nitrogens with one attached hydrogen (secondary N) is 1. The van der Waals surface area contributed by atoms with Crippen LogP contribution >= 0.6 is 0 Å². The molecule has 2 rings (SSSR count). The van der Waals surface area contributed by atoms with Crippen LogP contribution in [0, 0.1) is 5.92 Å². The number of hydrogen-bond donors (Lipinski definition) is 1. The minimum Gasteiger partial charge on any atom is -0.486 e. The molecule has 0 saturated carbocycles. The van der Waals surface area contributed by atoms with Crippen molar-refractivity contribution in [2.45, 2.75) is 46.5 Å². The van der Waals surface area contributed by atoms with Crippen LogP contribution < -0.4 is 19.1 Å². The first kappa shape index (κ1) is 22.3. The number of hydrogen-bond acceptors (Lipinski definition) is 5. The summed E-state index contributed by atoms with van der Waals surface area (Å²) in [4.78, 5) is 12.5. The van der Waals surface area contributed by atoms with Crippen molar-refractivity contribution < 1.29 is 22.7 Å². The van der Waals surface area contributed by atoms with E-state index in [2.05, 4.69) is 19.2 Å². The maximum atomic E-state index is 12.6. The Morgan fingerprint density at radius 2 is 1.89 bits per heavy atom. The summed E-state index contributed by atoms with van der Waals surface area (Å²) in [7, 11) is -3.62. The summed E-state index contributed by atoms with van der Waals surface area (Å²) in [6.07, 6.45) is 4.30. The van der Waals surface area contributed by atoms with E-state index in [9.17, 15) is 13.2 Å². The third kappa shape index (κ3) is 6.02. The second-order valence-corrected chi connectivity index (χ2v) is 9.14. The number of rotatable bonds is 11. The normalized spacial score (nSPS) is 14.4. The van der Waals surface area contributed by atoms with Crippen molar-refractivity contribution in [2.24, 2.45) is 5.92 Å². The number of amides is 1. The van der Waals surface area contributed by atoms with Crippen molar-refractivity contribution in [3.63, 3.8) is 0 Å². The third-order valence-corrected chi connectivity index (χ3v) is 6.67. The van der Waals surface area contributed by atoms with Crippen LogP contribution in [0.2, 0.25) is 0 Å². The second kappa shape index (κ2) is 10.5. The molecule has 1 aromatic rings. The number of ether oxygens (including phenoxy) is 2. The zero-order chi connectivity index (χ0) is 20.6.